The Kier molecular flexibility index (Phi) is 3.75. The van der Waals surface area contributed by atoms with Crippen LogP contribution in [0.3, 0.4) is 0 Å². The maximum absolute atomic E-state index is 13.1. The van der Waals surface area contributed by atoms with Crippen molar-refractivity contribution >= 4 is 12.6 Å². The summed E-state index contributed by atoms with van der Waals surface area (Å²) in [6, 6.07) is 10.2. The van der Waals surface area contributed by atoms with Crippen LogP contribution in [-0.2, 0) is 6.54 Å². The first-order chi connectivity index (χ1) is 10.2. The Morgan fingerprint density at radius 3 is 2.33 bits per heavy atom. The molecule has 1 aromatic carbocycles. The van der Waals surface area contributed by atoms with Crippen molar-refractivity contribution in [2.75, 3.05) is 0 Å². The quantitative estimate of drug-likeness (QED) is 0.739. The zero-order valence-electron chi connectivity index (χ0n) is 11.5. The second-order valence-corrected chi connectivity index (χ2v) is 5.00. The zero-order chi connectivity index (χ0) is 14.8. The molecule has 0 aliphatic heterocycles. The van der Waals surface area contributed by atoms with Gasteiger partial charge in [0.25, 0.3) is 0 Å². The van der Waals surface area contributed by atoms with E-state index in [0.717, 1.165) is 29.1 Å². The summed E-state index contributed by atoms with van der Waals surface area (Å²) >= 11 is 4.45. The zero-order valence-corrected chi connectivity index (χ0v) is 12.4. The fourth-order valence-electron chi connectivity index (χ4n) is 2.35. The first kappa shape index (κ1) is 13.8. The monoisotopic (exact) mass is 299 g/mol. The average Bonchev–Trinajstić information content (AvgIpc) is 2.85. The maximum Gasteiger partial charge on any atom is 0.165 e. The summed E-state index contributed by atoms with van der Waals surface area (Å²) < 4.78 is 15.2. The first-order valence-electron chi connectivity index (χ1n) is 6.66. The van der Waals surface area contributed by atoms with Crippen molar-refractivity contribution in [3.63, 3.8) is 0 Å². The van der Waals surface area contributed by atoms with E-state index in [0.29, 0.717) is 5.16 Å². The minimum Gasteiger partial charge on any atom is -0.319 e. The third kappa shape index (κ3) is 2.56. The molecule has 0 unspecified atom stereocenters. The molecule has 0 amide bonds. The summed E-state index contributed by atoms with van der Waals surface area (Å²) in [7, 11) is 0. The van der Waals surface area contributed by atoms with Crippen LogP contribution in [0, 0.1) is 5.82 Å². The second kappa shape index (κ2) is 5.69. The van der Waals surface area contributed by atoms with Gasteiger partial charge in [0.15, 0.2) is 5.16 Å². The largest absolute Gasteiger partial charge is 0.319 e. The predicted molar refractivity (Wildman–Crippen MR) is 83.8 cm³/mol. The number of benzene rings is 1. The molecule has 0 saturated carbocycles. The van der Waals surface area contributed by atoms with E-state index < -0.39 is 0 Å². The van der Waals surface area contributed by atoms with Gasteiger partial charge in [-0.05, 0) is 43.3 Å². The number of pyridine rings is 1. The van der Waals surface area contributed by atoms with Crippen molar-refractivity contribution in [2.24, 2.45) is 0 Å². The molecule has 0 fully saturated rings. The number of thiol groups is 1. The van der Waals surface area contributed by atoms with Crippen LogP contribution in [0.4, 0.5) is 4.39 Å². The van der Waals surface area contributed by atoms with E-state index >= 15 is 0 Å². The molecule has 0 aliphatic carbocycles. The molecule has 2 aromatic heterocycles. The summed E-state index contributed by atoms with van der Waals surface area (Å²) in [5, 5.41) is 0.642. The number of aromatic nitrogens is 3. The number of halogens is 1. The van der Waals surface area contributed by atoms with Gasteiger partial charge >= 0.3 is 0 Å². The SMILES string of the molecule is CCn1c(S)nc(-c2ccc(F)cc2)c1-c1ccncc1. The number of hydrogen-bond acceptors (Lipinski definition) is 3. The molecule has 5 heteroatoms. The topological polar surface area (TPSA) is 30.7 Å². The summed E-state index contributed by atoms with van der Waals surface area (Å²) in [4.78, 5) is 8.59. The summed E-state index contributed by atoms with van der Waals surface area (Å²) in [6.07, 6.45) is 3.49. The van der Waals surface area contributed by atoms with E-state index in [1.165, 1.54) is 12.1 Å². The van der Waals surface area contributed by atoms with E-state index in [4.69, 9.17) is 0 Å². The van der Waals surface area contributed by atoms with Crippen LogP contribution in [0.25, 0.3) is 22.5 Å². The molecule has 0 atom stereocenters. The normalized spacial score (nSPS) is 10.8. The molecule has 0 radical (unpaired) electrons. The predicted octanol–water partition coefficient (Wildman–Crippen LogP) is 4.06. The Labute approximate surface area is 127 Å². The van der Waals surface area contributed by atoms with Gasteiger partial charge < -0.3 is 4.57 Å². The fraction of sp³-hybridized carbons (Fsp3) is 0.125. The molecule has 0 saturated heterocycles. The molecule has 3 aromatic rings. The standard InChI is InChI=1S/C16H14FN3S/c1-2-20-15(12-7-9-18-10-8-12)14(19-16(20)21)11-3-5-13(17)6-4-11/h3-10H,2H2,1H3,(H,19,21). The molecular weight excluding hydrogens is 285 g/mol. The van der Waals surface area contributed by atoms with E-state index in [1.807, 2.05) is 23.6 Å². The number of nitrogens with zero attached hydrogens (tertiary/aromatic N) is 3. The van der Waals surface area contributed by atoms with Crippen LogP contribution in [0.2, 0.25) is 0 Å². The van der Waals surface area contributed by atoms with Crippen LogP contribution in [0.15, 0.2) is 53.9 Å². The van der Waals surface area contributed by atoms with Gasteiger partial charge in [0.1, 0.15) is 5.82 Å². The van der Waals surface area contributed by atoms with Crippen molar-refractivity contribution < 1.29 is 4.39 Å². The minimum atomic E-state index is -0.259. The van der Waals surface area contributed by atoms with E-state index in [-0.39, 0.29) is 5.82 Å². The van der Waals surface area contributed by atoms with Crippen LogP contribution in [0.5, 0.6) is 0 Å². The maximum atomic E-state index is 13.1. The minimum absolute atomic E-state index is 0.259. The summed E-state index contributed by atoms with van der Waals surface area (Å²) in [5.41, 5.74) is 3.65. The van der Waals surface area contributed by atoms with Crippen molar-refractivity contribution in [1.82, 2.24) is 14.5 Å². The molecule has 2 heterocycles. The highest BCUT2D eigenvalue weighted by molar-refractivity contribution is 7.80. The third-order valence-electron chi connectivity index (χ3n) is 3.34. The lowest BCUT2D eigenvalue weighted by Crippen LogP contribution is -1.98. The van der Waals surface area contributed by atoms with Gasteiger partial charge in [0, 0.05) is 30.1 Å². The lowest BCUT2D eigenvalue weighted by Gasteiger charge is -2.09. The van der Waals surface area contributed by atoms with Gasteiger partial charge in [-0.15, -0.1) is 12.6 Å². The first-order valence-corrected chi connectivity index (χ1v) is 7.11. The summed E-state index contributed by atoms with van der Waals surface area (Å²) in [6.45, 7) is 2.80. The smallest absolute Gasteiger partial charge is 0.165 e. The van der Waals surface area contributed by atoms with Crippen molar-refractivity contribution in [1.29, 1.82) is 0 Å². The second-order valence-electron chi connectivity index (χ2n) is 4.60. The van der Waals surface area contributed by atoms with Gasteiger partial charge in [-0.25, -0.2) is 9.37 Å². The Hall–Kier alpha value is -2.14. The van der Waals surface area contributed by atoms with Gasteiger partial charge in [0.05, 0.1) is 11.4 Å². The Balaban J connectivity index is 2.24. The molecule has 0 spiro atoms. The van der Waals surface area contributed by atoms with E-state index in [2.05, 4.69) is 22.6 Å². The van der Waals surface area contributed by atoms with E-state index in [9.17, 15) is 4.39 Å². The molecule has 3 nitrogen and oxygen atoms in total. The summed E-state index contributed by atoms with van der Waals surface area (Å²) in [5.74, 6) is -0.259. The highest BCUT2D eigenvalue weighted by atomic mass is 32.1. The van der Waals surface area contributed by atoms with Crippen LogP contribution in [-0.4, -0.2) is 14.5 Å². The fourth-order valence-corrected chi connectivity index (χ4v) is 2.69. The van der Waals surface area contributed by atoms with Crippen LogP contribution < -0.4 is 0 Å². The Morgan fingerprint density at radius 1 is 1.05 bits per heavy atom. The number of rotatable bonds is 3. The van der Waals surface area contributed by atoms with Gasteiger partial charge in [-0.2, -0.15) is 0 Å². The van der Waals surface area contributed by atoms with Crippen molar-refractivity contribution in [2.45, 2.75) is 18.6 Å². The molecule has 0 N–H and O–H groups in total. The van der Waals surface area contributed by atoms with Gasteiger partial charge in [0.2, 0.25) is 0 Å². The molecule has 3 rings (SSSR count). The lowest BCUT2D eigenvalue weighted by atomic mass is 10.1. The van der Waals surface area contributed by atoms with E-state index in [1.54, 1.807) is 24.5 Å². The molecule has 0 aliphatic rings. The lowest BCUT2D eigenvalue weighted by molar-refractivity contribution is 0.628. The van der Waals surface area contributed by atoms with Crippen molar-refractivity contribution in [3.05, 3.63) is 54.6 Å². The molecule has 21 heavy (non-hydrogen) atoms. The highest BCUT2D eigenvalue weighted by Crippen LogP contribution is 2.33. The number of imidazole rings is 1. The Bertz CT molecular complexity index is 751. The number of hydrogen-bond donors (Lipinski definition) is 1. The third-order valence-corrected chi connectivity index (χ3v) is 3.68. The highest BCUT2D eigenvalue weighted by Gasteiger charge is 2.17. The van der Waals surface area contributed by atoms with Crippen molar-refractivity contribution in [3.8, 4) is 22.5 Å². The van der Waals surface area contributed by atoms with Gasteiger partial charge in [-0.1, -0.05) is 0 Å². The Morgan fingerprint density at radius 2 is 1.71 bits per heavy atom. The molecule has 106 valence electrons. The van der Waals surface area contributed by atoms with Gasteiger partial charge in [-0.3, -0.25) is 4.98 Å². The molecular formula is C16H14FN3S. The van der Waals surface area contributed by atoms with Crippen LogP contribution in [0.1, 0.15) is 6.92 Å². The van der Waals surface area contributed by atoms with Crippen LogP contribution >= 0.6 is 12.6 Å². The average molecular weight is 299 g/mol. The molecule has 0 bridgehead atoms.